The van der Waals surface area contributed by atoms with Crippen LogP contribution < -0.4 is 22.0 Å². The number of hydrogen-bond donors (Lipinski definition) is 6. The molecule has 1 saturated heterocycles. The molecule has 338 valence electrons. The molecule has 0 spiro atoms. The Morgan fingerprint density at radius 3 is 2.40 bits per heavy atom. The van der Waals surface area contributed by atoms with E-state index in [1.54, 1.807) is 6.07 Å². The fourth-order valence-corrected chi connectivity index (χ4v) is 8.63. The predicted molar refractivity (Wildman–Crippen MR) is 226 cm³/mol. The number of nitrogens with zero attached hydrogens (tertiary/aromatic N) is 2. The first kappa shape index (κ1) is 47.2. The standard InChI is InChI=1S/C41H47N3O17P2/c1-3-4-16-43-39(48)24(2)22-44(41(43)51)36-21-34(61-62(52,53)54)35(60-36)23-58-63(55,56)57-17-8-6-5-7-15-42-38(47)25-9-12-28(31(18-25)40(49)50)37-29-13-10-26(45)19-32(29)59-33-20-27(46)11-14-30(33)37/h9-14,18-20,22,34-36,45H,3-8,15-17,21,23H2,1-2H3,(H,42,47)(H,49,50)(H,55,56)(H2,52,53,54)/t34-,35+,36+/m0/s1. The highest BCUT2D eigenvalue weighted by atomic mass is 31.2. The summed E-state index contributed by atoms with van der Waals surface area (Å²) in [6, 6.07) is 12.7. The van der Waals surface area contributed by atoms with E-state index < -0.39 is 63.8 Å². The van der Waals surface area contributed by atoms with Gasteiger partial charge in [0.15, 0.2) is 5.43 Å². The van der Waals surface area contributed by atoms with Crippen molar-refractivity contribution in [3.63, 3.8) is 0 Å². The maximum absolute atomic E-state index is 13.2. The lowest BCUT2D eigenvalue weighted by Gasteiger charge is -2.20. The SMILES string of the molecule is CCCCn1c(=O)c(C)cn([C@H]2C[C@H](OP(=O)(O)O)[C@@H](COP(=O)(O)OCCCCCCNC(=O)c3ccc(-c4c5ccc(=O)cc-5oc5cc(O)ccc45)c(C(=O)O)c3)O2)c1=O. The van der Waals surface area contributed by atoms with Crippen molar-refractivity contribution in [1.29, 1.82) is 0 Å². The molecule has 0 saturated carbocycles. The van der Waals surface area contributed by atoms with Gasteiger partial charge in [0.2, 0.25) is 0 Å². The Kier molecular flexibility index (Phi) is 15.0. The van der Waals surface area contributed by atoms with Gasteiger partial charge in [0.25, 0.3) is 11.5 Å². The summed E-state index contributed by atoms with van der Waals surface area (Å²) >= 11 is 0. The summed E-state index contributed by atoms with van der Waals surface area (Å²) in [6.45, 7) is 2.89. The third kappa shape index (κ3) is 11.7. The van der Waals surface area contributed by atoms with Crippen LogP contribution in [0.5, 0.6) is 5.75 Å². The second-order valence-corrected chi connectivity index (χ2v) is 17.6. The summed E-state index contributed by atoms with van der Waals surface area (Å²) in [5, 5.41) is 23.5. The number of aromatic carboxylic acids is 1. The maximum Gasteiger partial charge on any atom is 0.472 e. The molecule has 6 N–H and O–H groups in total. The number of carbonyl (C=O) groups is 2. The number of phenolic OH excluding ortho intramolecular Hbond substituents is 1. The third-order valence-electron chi connectivity index (χ3n) is 10.3. The Balaban J connectivity index is 0.985. The quantitative estimate of drug-likeness (QED) is 0.0328. The molecule has 63 heavy (non-hydrogen) atoms. The molecule has 3 aliphatic rings. The lowest BCUT2D eigenvalue weighted by molar-refractivity contribution is -0.0462. The summed E-state index contributed by atoms with van der Waals surface area (Å²) in [7, 11) is -9.78. The van der Waals surface area contributed by atoms with Crippen molar-refractivity contribution in [3.8, 4) is 28.2 Å². The molecule has 4 atom stereocenters. The zero-order chi connectivity index (χ0) is 45.6. The van der Waals surface area contributed by atoms with Gasteiger partial charge in [0, 0.05) is 65.5 Å². The van der Waals surface area contributed by atoms with Crippen molar-refractivity contribution < 1.29 is 66.3 Å². The molecule has 1 amide bonds. The summed E-state index contributed by atoms with van der Waals surface area (Å²) in [6.07, 6.45) is 0.374. The molecule has 1 unspecified atom stereocenters. The number of aromatic hydroxyl groups is 1. The highest BCUT2D eigenvalue weighted by Crippen LogP contribution is 2.47. The fraction of sp³-hybridized carbons (Fsp3) is 0.390. The van der Waals surface area contributed by atoms with Crippen molar-refractivity contribution in [2.24, 2.45) is 0 Å². The molecular weight excluding hydrogens is 868 g/mol. The number of nitrogens with one attached hydrogen (secondary N) is 1. The molecule has 1 aromatic heterocycles. The Hall–Kier alpha value is -5.27. The predicted octanol–water partition coefficient (Wildman–Crippen LogP) is 5.29. The van der Waals surface area contributed by atoms with Crippen LogP contribution in [0, 0.1) is 6.92 Å². The van der Waals surface area contributed by atoms with E-state index in [4.69, 9.17) is 22.7 Å². The topological polar surface area (TPSA) is 293 Å². The number of ether oxygens (including phenoxy) is 1. The normalized spacial score (nSPS) is 17.6. The minimum atomic E-state index is -5.08. The number of phenols is 1. The van der Waals surface area contributed by atoms with Crippen LogP contribution >= 0.6 is 15.6 Å². The Morgan fingerprint density at radius 1 is 0.921 bits per heavy atom. The van der Waals surface area contributed by atoms with Crippen molar-refractivity contribution in [1.82, 2.24) is 14.5 Å². The molecule has 6 rings (SSSR count). The van der Waals surface area contributed by atoms with Crippen LogP contribution in [-0.4, -0.2) is 77.9 Å². The molecule has 3 aromatic rings. The average Bonchev–Trinajstić information content (AvgIpc) is 3.61. The number of carboxylic acids is 1. The van der Waals surface area contributed by atoms with Gasteiger partial charge >= 0.3 is 27.3 Å². The average molecular weight is 916 g/mol. The van der Waals surface area contributed by atoms with Gasteiger partial charge < -0.3 is 39.4 Å². The first-order chi connectivity index (χ1) is 29.9. The van der Waals surface area contributed by atoms with Crippen LogP contribution in [0.2, 0.25) is 0 Å². The third-order valence-corrected chi connectivity index (χ3v) is 11.9. The van der Waals surface area contributed by atoms with Gasteiger partial charge in [-0.05, 0) is 68.1 Å². The Morgan fingerprint density at radius 2 is 1.67 bits per heavy atom. The molecule has 1 aliphatic carbocycles. The Labute approximate surface area is 358 Å². The highest BCUT2D eigenvalue weighted by Gasteiger charge is 2.42. The number of carbonyl (C=O) groups excluding carboxylic acids is 1. The molecule has 22 heteroatoms. The maximum atomic E-state index is 13.2. The minimum absolute atomic E-state index is 0.0903. The lowest BCUT2D eigenvalue weighted by Crippen LogP contribution is -2.42. The van der Waals surface area contributed by atoms with E-state index in [0.717, 1.165) is 9.13 Å². The van der Waals surface area contributed by atoms with E-state index >= 15 is 0 Å². The lowest BCUT2D eigenvalue weighted by atomic mass is 9.90. The summed E-state index contributed by atoms with van der Waals surface area (Å²) in [5.41, 5.74) is 0.0190. The molecule has 2 aromatic carbocycles. The fourth-order valence-electron chi connectivity index (χ4n) is 7.29. The zero-order valence-corrected chi connectivity index (χ0v) is 36.0. The number of amides is 1. The van der Waals surface area contributed by atoms with Gasteiger partial charge in [0.1, 0.15) is 35.5 Å². The molecule has 1 fully saturated rings. The number of aryl methyl sites for hydroxylation is 1. The van der Waals surface area contributed by atoms with Crippen molar-refractivity contribution in [2.45, 2.75) is 83.8 Å². The summed E-state index contributed by atoms with van der Waals surface area (Å²) in [5.74, 6) is -1.73. The smallest absolute Gasteiger partial charge is 0.472 e. The molecule has 3 heterocycles. The molecule has 20 nitrogen and oxygen atoms in total. The summed E-state index contributed by atoms with van der Waals surface area (Å²) < 4.78 is 53.3. The largest absolute Gasteiger partial charge is 0.508 e. The van der Waals surface area contributed by atoms with Gasteiger partial charge in [-0.2, -0.15) is 0 Å². The van der Waals surface area contributed by atoms with Gasteiger partial charge in [-0.25, -0.2) is 18.7 Å². The second-order valence-electron chi connectivity index (χ2n) is 15.0. The van der Waals surface area contributed by atoms with E-state index in [0.29, 0.717) is 55.0 Å². The number of unbranched alkanes of at least 4 members (excludes halogenated alkanes) is 4. The van der Waals surface area contributed by atoms with E-state index in [1.807, 2.05) is 6.92 Å². The van der Waals surface area contributed by atoms with Crippen LogP contribution in [0.4, 0.5) is 0 Å². The van der Waals surface area contributed by atoms with Gasteiger partial charge in [-0.1, -0.05) is 32.3 Å². The molecule has 2 aliphatic heterocycles. The van der Waals surface area contributed by atoms with Gasteiger partial charge in [0.05, 0.1) is 18.8 Å². The highest BCUT2D eigenvalue weighted by molar-refractivity contribution is 7.47. The molecular formula is C41H47N3O17P2. The minimum Gasteiger partial charge on any atom is -0.508 e. The van der Waals surface area contributed by atoms with E-state index in [1.165, 1.54) is 61.7 Å². The number of fused-ring (bicyclic) bond motifs is 2. The van der Waals surface area contributed by atoms with Gasteiger partial charge in [-0.15, -0.1) is 0 Å². The molecule has 0 bridgehead atoms. The first-order valence-electron chi connectivity index (χ1n) is 20.0. The Bertz CT molecular complexity index is 2740. The number of phosphoric acid groups is 2. The van der Waals surface area contributed by atoms with Crippen molar-refractivity contribution in [3.05, 3.63) is 109 Å². The monoisotopic (exact) mass is 915 g/mol. The van der Waals surface area contributed by atoms with Crippen LogP contribution in [-0.2, 0) is 34.0 Å². The number of rotatable bonds is 20. The molecule has 0 radical (unpaired) electrons. The van der Waals surface area contributed by atoms with Crippen LogP contribution in [0.15, 0.2) is 79.6 Å². The van der Waals surface area contributed by atoms with Crippen molar-refractivity contribution >= 4 is 38.5 Å². The van der Waals surface area contributed by atoms with E-state index in [9.17, 15) is 58.0 Å². The van der Waals surface area contributed by atoms with E-state index in [-0.39, 0.29) is 70.9 Å². The van der Waals surface area contributed by atoms with Crippen LogP contribution in [0.3, 0.4) is 0 Å². The number of hydrogen-bond acceptors (Lipinski definition) is 13. The number of carboxylic acid groups (broad SMARTS) is 1. The van der Waals surface area contributed by atoms with E-state index in [2.05, 4.69) is 5.32 Å². The van der Waals surface area contributed by atoms with Gasteiger partial charge in [-0.3, -0.25) is 37.1 Å². The summed E-state index contributed by atoms with van der Waals surface area (Å²) in [4.78, 5) is 92.8. The second kappa shape index (κ2) is 20.1. The zero-order valence-electron chi connectivity index (χ0n) is 34.2. The van der Waals surface area contributed by atoms with Crippen molar-refractivity contribution in [2.75, 3.05) is 19.8 Å². The number of phosphoric ester groups is 2. The van der Waals surface area contributed by atoms with Crippen LogP contribution in [0.25, 0.3) is 33.4 Å². The number of benzene rings is 3. The number of aromatic nitrogens is 2. The van der Waals surface area contributed by atoms with Crippen LogP contribution in [0.1, 0.15) is 84.4 Å². The first-order valence-corrected chi connectivity index (χ1v) is 23.1.